The van der Waals surface area contributed by atoms with Gasteiger partial charge in [-0.25, -0.2) is 0 Å². The van der Waals surface area contributed by atoms with Crippen LogP contribution in [0.25, 0.3) is 0 Å². The lowest BCUT2D eigenvalue weighted by molar-refractivity contribution is -0.133. The van der Waals surface area contributed by atoms with Crippen LogP contribution in [-0.2, 0) is 4.79 Å². The molecule has 0 aliphatic carbocycles. The van der Waals surface area contributed by atoms with Crippen LogP contribution >= 0.6 is 0 Å². The van der Waals surface area contributed by atoms with Gasteiger partial charge in [0.15, 0.2) is 0 Å². The molecule has 20 heavy (non-hydrogen) atoms. The van der Waals surface area contributed by atoms with Gasteiger partial charge in [-0.2, -0.15) is 0 Å². The largest absolute Gasteiger partial charge is 0.426 e. The molecule has 0 saturated heterocycles. The first-order chi connectivity index (χ1) is 9.83. The molecule has 0 aliphatic heterocycles. The summed E-state index contributed by atoms with van der Waals surface area (Å²) in [5, 5.41) is 0. The van der Waals surface area contributed by atoms with Crippen molar-refractivity contribution in [3.8, 4) is 5.75 Å². The number of hydrogen-bond acceptors (Lipinski definition) is 2. The van der Waals surface area contributed by atoms with Gasteiger partial charge in [-0.1, -0.05) is 69.4 Å². The zero-order valence-corrected chi connectivity index (χ0v) is 12.5. The van der Waals surface area contributed by atoms with E-state index in [-0.39, 0.29) is 5.97 Å². The molecule has 0 N–H and O–H groups in total. The third-order valence-corrected chi connectivity index (χ3v) is 3.15. The van der Waals surface area contributed by atoms with Gasteiger partial charge in [0, 0.05) is 0 Å². The second kappa shape index (κ2) is 11.3. The second-order valence-corrected chi connectivity index (χ2v) is 5.02. The van der Waals surface area contributed by atoms with Crippen LogP contribution in [0.3, 0.4) is 0 Å². The summed E-state index contributed by atoms with van der Waals surface area (Å²) in [5.41, 5.74) is 0. The summed E-state index contributed by atoms with van der Waals surface area (Å²) in [6.07, 6.45) is 13.2. The number of benzene rings is 1. The molecule has 1 aromatic carbocycles. The molecule has 110 valence electrons. The highest BCUT2D eigenvalue weighted by molar-refractivity contribution is 5.73. The standard InChI is InChI=1S/C18H26O2/c1-2-3-4-5-6-7-8-9-13-16-18(19)20-17-14-11-10-12-15-17/h9-15H,2-8,16H2,1H3/b13-9+. The van der Waals surface area contributed by atoms with Gasteiger partial charge in [0.05, 0.1) is 6.42 Å². The fourth-order valence-electron chi connectivity index (χ4n) is 2.00. The average Bonchev–Trinajstić information content (AvgIpc) is 2.46. The molecule has 0 amide bonds. The minimum atomic E-state index is -0.199. The Morgan fingerprint density at radius 1 is 1.00 bits per heavy atom. The number of rotatable bonds is 10. The Balaban J connectivity index is 2.02. The number of unbranched alkanes of at least 4 members (excludes halogenated alkanes) is 6. The minimum Gasteiger partial charge on any atom is -0.426 e. The summed E-state index contributed by atoms with van der Waals surface area (Å²) in [6, 6.07) is 9.20. The van der Waals surface area contributed by atoms with Crippen LogP contribution < -0.4 is 4.74 Å². The van der Waals surface area contributed by atoms with Crippen molar-refractivity contribution in [2.75, 3.05) is 0 Å². The molecular formula is C18H26O2. The first kappa shape index (κ1) is 16.5. The highest BCUT2D eigenvalue weighted by atomic mass is 16.5. The Morgan fingerprint density at radius 2 is 1.70 bits per heavy atom. The molecule has 0 radical (unpaired) electrons. The maximum absolute atomic E-state index is 11.5. The predicted octanol–water partition coefficient (Wildman–Crippen LogP) is 5.29. The quantitative estimate of drug-likeness (QED) is 0.251. The Labute approximate surface area is 122 Å². The number of carbonyl (C=O) groups excluding carboxylic acids is 1. The molecule has 1 rings (SSSR count). The number of allylic oxidation sites excluding steroid dienone is 1. The van der Waals surface area contributed by atoms with Crippen molar-refractivity contribution in [1.29, 1.82) is 0 Å². The van der Waals surface area contributed by atoms with Gasteiger partial charge in [0.2, 0.25) is 0 Å². The van der Waals surface area contributed by atoms with E-state index in [1.165, 1.54) is 38.5 Å². The molecule has 0 unspecified atom stereocenters. The van der Waals surface area contributed by atoms with Crippen molar-refractivity contribution in [2.24, 2.45) is 0 Å². The minimum absolute atomic E-state index is 0.199. The zero-order chi connectivity index (χ0) is 14.5. The first-order valence-corrected chi connectivity index (χ1v) is 7.73. The van der Waals surface area contributed by atoms with E-state index < -0.39 is 0 Å². The van der Waals surface area contributed by atoms with Crippen molar-refractivity contribution in [3.05, 3.63) is 42.5 Å². The molecule has 2 nitrogen and oxygen atoms in total. The van der Waals surface area contributed by atoms with Gasteiger partial charge in [-0.05, 0) is 25.0 Å². The van der Waals surface area contributed by atoms with Crippen LogP contribution in [0.5, 0.6) is 5.75 Å². The van der Waals surface area contributed by atoms with Crippen molar-refractivity contribution < 1.29 is 9.53 Å². The van der Waals surface area contributed by atoms with E-state index in [4.69, 9.17) is 4.74 Å². The zero-order valence-electron chi connectivity index (χ0n) is 12.5. The number of carbonyl (C=O) groups is 1. The molecular weight excluding hydrogens is 248 g/mol. The second-order valence-electron chi connectivity index (χ2n) is 5.02. The van der Waals surface area contributed by atoms with E-state index in [1.807, 2.05) is 24.3 Å². The lowest BCUT2D eigenvalue weighted by Crippen LogP contribution is -2.05. The predicted molar refractivity (Wildman–Crippen MR) is 83.8 cm³/mol. The van der Waals surface area contributed by atoms with Crippen LogP contribution in [0.1, 0.15) is 58.3 Å². The van der Waals surface area contributed by atoms with Crippen molar-refractivity contribution in [2.45, 2.75) is 58.3 Å². The first-order valence-electron chi connectivity index (χ1n) is 7.73. The van der Waals surface area contributed by atoms with Gasteiger partial charge in [0.1, 0.15) is 5.75 Å². The van der Waals surface area contributed by atoms with Crippen LogP contribution in [0.2, 0.25) is 0 Å². The summed E-state index contributed by atoms with van der Waals surface area (Å²) in [7, 11) is 0. The van der Waals surface area contributed by atoms with Gasteiger partial charge < -0.3 is 4.74 Å². The molecule has 0 atom stereocenters. The van der Waals surface area contributed by atoms with E-state index in [0.717, 1.165) is 6.42 Å². The van der Waals surface area contributed by atoms with Crippen LogP contribution in [0.15, 0.2) is 42.5 Å². The molecule has 0 aliphatic rings. The fraction of sp³-hybridized carbons (Fsp3) is 0.500. The Morgan fingerprint density at radius 3 is 2.45 bits per heavy atom. The summed E-state index contributed by atoms with van der Waals surface area (Å²) >= 11 is 0. The average molecular weight is 274 g/mol. The van der Waals surface area contributed by atoms with E-state index in [0.29, 0.717) is 12.2 Å². The number of esters is 1. The van der Waals surface area contributed by atoms with Crippen LogP contribution in [0.4, 0.5) is 0 Å². The van der Waals surface area contributed by atoms with E-state index in [1.54, 1.807) is 12.1 Å². The lowest BCUT2D eigenvalue weighted by Gasteiger charge is -2.01. The Kier molecular flexibility index (Phi) is 9.29. The van der Waals surface area contributed by atoms with E-state index in [2.05, 4.69) is 13.0 Å². The number of para-hydroxylation sites is 1. The summed E-state index contributed by atoms with van der Waals surface area (Å²) in [5.74, 6) is 0.414. The van der Waals surface area contributed by atoms with Crippen molar-refractivity contribution >= 4 is 5.97 Å². The van der Waals surface area contributed by atoms with Crippen LogP contribution in [0, 0.1) is 0 Å². The highest BCUT2D eigenvalue weighted by Crippen LogP contribution is 2.10. The molecule has 1 aromatic rings. The normalized spacial score (nSPS) is 10.8. The molecule has 0 fully saturated rings. The summed E-state index contributed by atoms with van der Waals surface area (Å²) in [4.78, 5) is 11.5. The smallest absolute Gasteiger partial charge is 0.315 e. The van der Waals surface area contributed by atoms with Crippen LogP contribution in [-0.4, -0.2) is 5.97 Å². The van der Waals surface area contributed by atoms with Crippen molar-refractivity contribution in [3.63, 3.8) is 0 Å². The highest BCUT2D eigenvalue weighted by Gasteiger charge is 2.00. The van der Waals surface area contributed by atoms with E-state index in [9.17, 15) is 4.79 Å². The number of ether oxygens (including phenoxy) is 1. The van der Waals surface area contributed by atoms with Gasteiger partial charge in [-0.15, -0.1) is 0 Å². The summed E-state index contributed by atoms with van der Waals surface area (Å²) in [6.45, 7) is 2.23. The van der Waals surface area contributed by atoms with Gasteiger partial charge in [-0.3, -0.25) is 4.79 Å². The maximum atomic E-state index is 11.5. The SMILES string of the molecule is CCCCCCCC/C=C/CC(=O)Oc1ccccc1. The monoisotopic (exact) mass is 274 g/mol. The summed E-state index contributed by atoms with van der Waals surface area (Å²) < 4.78 is 5.20. The lowest BCUT2D eigenvalue weighted by atomic mass is 10.1. The Bertz CT molecular complexity index is 382. The molecule has 0 heterocycles. The third kappa shape index (κ3) is 8.52. The molecule has 0 aromatic heterocycles. The van der Waals surface area contributed by atoms with Gasteiger partial charge in [0.25, 0.3) is 0 Å². The van der Waals surface area contributed by atoms with E-state index >= 15 is 0 Å². The fourth-order valence-corrected chi connectivity index (χ4v) is 2.00. The molecule has 0 spiro atoms. The molecule has 0 bridgehead atoms. The van der Waals surface area contributed by atoms with Crippen molar-refractivity contribution in [1.82, 2.24) is 0 Å². The molecule has 2 heteroatoms. The Hall–Kier alpha value is -1.57. The number of hydrogen-bond donors (Lipinski definition) is 0. The van der Waals surface area contributed by atoms with Gasteiger partial charge >= 0.3 is 5.97 Å². The topological polar surface area (TPSA) is 26.3 Å². The third-order valence-electron chi connectivity index (χ3n) is 3.15. The molecule has 0 saturated carbocycles. The maximum Gasteiger partial charge on any atom is 0.315 e.